The van der Waals surface area contributed by atoms with Crippen molar-refractivity contribution in [2.75, 3.05) is 38.2 Å². The number of nitrogens with zero attached hydrogens (tertiary/aromatic N) is 2. The van der Waals surface area contributed by atoms with E-state index < -0.39 is 0 Å². The van der Waals surface area contributed by atoms with E-state index in [0.29, 0.717) is 10.0 Å². The number of piperazine rings is 1. The number of rotatable bonds is 6. The molecule has 3 aromatic rings. The van der Waals surface area contributed by atoms with Crippen LogP contribution in [0.5, 0.6) is 0 Å². The minimum absolute atomic E-state index is 0.0257. The lowest BCUT2D eigenvalue weighted by molar-refractivity contribution is 0.0566. The van der Waals surface area contributed by atoms with Gasteiger partial charge in [-0.2, -0.15) is 0 Å². The topological polar surface area (TPSA) is 15.7 Å². The van der Waals surface area contributed by atoms with Gasteiger partial charge in [0.25, 0.3) is 0 Å². The van der Waals surface area contributed by atoms with Gasteiger partial charge in [-0.3, -0.25) is 4.90 Å². The van der Waals surface area contributed by atoms with Gasteiger partial charge in [0.1, 0.15) is 0 Å². The number of anilines is 1. The molecule has 1 aliphatic rings. The second-order valence-electron chi connectivity index (χ2n) is 7.75. The third kappa shape index (κ3) is 5.36. The van der Waals surface area contributed by atoms with Crippen molar-refractivity contribution in [3.63, 3.8) is 0 Å². The summed E-state index contributed by atoms with van der Waals surface area (Å²) in [6, 6.07) is 24.3. The minimum Gasteiger partial charge on any atom is -0.375 e. The monoisotopic (exact) mass is 474 g/mol. The van der Waals surface area contributed by atoms with Crippen molar-refractivity contribution >= 4 is 40.5 Å². The minimum atomic E-state index is 0.0257. The van der Waals surface area contributed by atoms with Crippen LogP contribution in [0.4, 0.5) is 5.69 Å². The third-order valence-corrected chi connectivity index (χ3v) is 6.61. The smallest absolute Gasteiger partial charge is 0.0947 e. The van der Waals surface area contributed by atoms with Crippen molar-refractivity contribution in [1.82, 2.24) is 4.90 Å². The van der Waals surface area contributed by atoms with Gasteiger partial charge in [-0.1, -0.05) is 77.3 Å². The summed E-state index contributed by atoms with van der Waals surface area (Å²) in [7, 11) is 1.78. The molecule has 0 bridgehead atoms. The number of hydrogen-bond donors (Lipinski definition) is 0. The summed E-state index contributed by atoms with van der Waals surface area (Å²) in [4.78, 5) is 4.82. The van der Waals surface area contributed by atoms with E-state index in [4.69, 9.17) is 39.5 Å². The Morgan fingerprint density at radius 3 is 2.29 bits per heavy atom. The van der Waals surface area contributed by atoms with Crippen molar-refractivity contribution in [2.45, 2.75) is 12.1 Å². The summed E-state index contributed by atoms with van der Waals surface area (Å²) in [5.41, 5.74) is 3.39. The number of hydrogen-bond acceptors (Lipinski definition) is 3. The SMILES string of the molecule is COC(CN1CCN(c2ccc(Cl)cc2Cl)[C@H](c2ccc(Cl)cc2)C1)c1ccccc1. The Morgan fingerprint density at radius 1 is 0.903 bits per heavy atom. The molecule has 162 valence electrons. The highest BCUT2D eigenvalue weighted by Crippen LogP contribution is 2.37. The maximum atomic E-state index is 6.58. The molecule has 0 saturated carbocycles. The second kappa shape index (κ2) is 10.2. The van der Waals surface area contributed by atoms with Gasteiger partial charge in [0.15, 0.2) is 0 Å². The van der Waals surface area contributed by atoms with Crippen LogP contribution >= 0.6 is 34.8 Å². The first kappa shape index (κ1) is 22.4. The largest absolute Gasteiger partial charge is 0.375 e. The van der Waals surface area contributed by atoms with Crippen LogP contribution < -0.4 is 4.90 Å². The van der Waals surface area contributed by atoms with E-state index in [1.165, 1.54) is 11.1 Å². The lowest BCUT2D eigenvalue weighted by atomic mass is 10.00. The van der Waals surface area contributed by atoms with E-state index in [9.17, 15) is 0 Å². The predicted molar refractivity (Wildman–Crippen MR) is 131 cm³/mol. The average Bonchev–Trinajstić information content (AvgIpc) is 2.79. The molecule has 1 heterocycles. The van der Waals surface area contributed by atoms with Crippen molar-refractivity contribution in [2.24, 2.45) is 0 Å². The lowest BCUT2D eigenvalue weighted by Gasteiger charge is -2.44. The van der Waals surface area contributed by atoms with Gasteiger partial charge in [0.2, 0.25) is 0 Å². The molecule has 0 aliphatic carbocycles. The molecule has 1 unspecified atom stereocenters. The van der Waals surface area contributed by atoms with Crippen LogP contribution in [0.25, 0.3) is 0 Å². The number of benzene rings is 3. The fourth-order valence-corrected chi connectivity index (χ4v) is 4.84. The van der Waals surface area contributed by atoms with Gasteiger partial charge in [-0.05, 0) is 41.5 Å². The molecule has 3 nitrogen and oxygen atoms in total. The van der Waals surface area contributed by atoms with Crippen LogP contribution in [-0.2, 0) is 4.74 Å². The van der Waals surface area contributed by atoms with Crippen molar-refractivity contribution in [3.05, 3.63) is 99.0 Å². The van der Waals surface area contributed by atoms with E-state index in [-0.39, 0.29) is 12.1 Å². The Balaban J connectivity index is 1.60. The molecule has 1 saturated heterocycles. The van der Waals surface area contributed by atoms with Crippen molar-refractivity contribution in [1.29, 1.82) is 0 Å². The number of halogens is 3. The molecule has 31 heavy (non-hydrogen) atoms. The Labute approximate surface area is 199 Å². The second-order valence-corrected chi connectivity index (χ2v) is 9.03. The van der Waals surface area contributed by atoms with Crippen LogP contribution in [0, 0.1) is 0 Å². The van der Waals surface area contributed by atoms with E-state index in [1.807, 2.05) is 30.3 Å². The quantitative estimate of drug-likeness (QED) is 0.386. The first-order valence-electron chi connectivity index (χ1n) is 10.3. The Kier molecular flexibility index (Phi) is 7.42. The molecule has 6 heteroatoms. The fourth-order valence-electron chi connectivity index (χ4n) is 4.20. The molecule has 0 N–H and O–H groups in total. The highest BCUT2D eigenvalue weighted by atomic mass is 35.5. The predicted octanol–water partition coefficient (Wildman–Crippen LogP) is 6.90. The van der Waals surface area contributed by atoms with Gasteiger partial charge < -0.3 is 9.64 Å². The molecule has 0 aromatic heterocycles. The van der Waals surface area contributed by atoms with Crippen LogP contribution in [0.1, 0.15) is 23.3 Å². The number of ether oxygens (including phenoxy) is 1. The molecule has 4 rings (SSSR count). The van der Waals surface area contributed by atoms with E-state index in [1.54, 1.807) is 13.2 Å². The van der Waals surface area contributed by atoms with E-state index >= 15 is 0 Å². The normalized spacial score (nSPS) is 18.2. The van der Waals surface area contributed by atoms with Gasteiger partial charge in [0.05, 0.1) is 22.9 Å². The molecule has 3 aromatic carbocycles. The lowest BCUT2D eigenvalue weighted by Crippen LogP contribution is -2.49. The summed E-state index contributed by atoms with van der Waals surface area (Å²) in [5.74, 6) is 0. The zero-order chi connectivity index (χ0) is 21.8. The third-order valence-electron chi connectivity index (χ3n) is 5.82. The molecule has 2 atom stereocenters. The maximum absolute atomic E-state index is 6.58. The van der Waals surface area contributed by atoms with Crippen LogP contribution in [-0.4, -0.2) is 38.2 Å². The average molecular weight is 476 g/mol. The van der Waals surface area contributed by atoms with E-state index in [0.717, 1.165) is 36.9 Å². The molecular weight excluding hydrogens is 451 g/mol. The van der Waals surface area contributed by atoms with Crippen LogP contribution in [0.2, 0.25) is 15.1 Å². The Bertz CT molecular complexity index is 997. The zero-order valence-corrected chi connectivity index (χ0v) is 19.6. The Morgan fingerprint density at radius 2 is 1.61 bits per heavy atom. The first-order chi connectivity index (χ1) is 15.0. The van der Waals surface area contributed by atoms with Gasteiger partial charge in [0, 0.05) is 43.3 Å². The maximum Gasteiger partial charge on any atom is 0.0947 e. The molecule has 0 spiro atoms. The summed E-state index contributed by atoms with van der Waals surface area (Å²) >= 11 is 18.9. The van der Waals surface area contributed by atoms with Gasteiger partial charge in [-0.25, -0.2) is 0 Å². The van der Waals surface area contributed by atoms with Gasteiger partial charge >= 0.3 is 0 Å². The van der Waals surface area contributed by atoms with E-state index in [2.05, 4.69) is 46.2 Å². The highest BCUT2D eigenvalue weighted by Gasteiger charge is 2.31. The van der Waals surface area contributed by atoms with Crippen molar-refractivity contribution < 1.29 is 4.74 Å². The highest BCUT2D eigenvalue weighted by molar-refractivity contribution is 6.36. The standard InChI is InChI=1S/C25H25Cl3N2O/c1-31-25(19-5-3-2-4-6-19)17-29-13-14-30(23-12-11-21(27)15-22(23)28)24(16-29)18-7-9-20(26)10-8-18/h2-12,15,24-25H,13-14,16-17H2,1H3/t24-,25?/m0/s1. The summed E-state index contributed by atoms with van der Waals surface area (Å²) in [6.07, 6.45) is 0.0257. The molecular formula is C25H25Cl3N2O. The van der Waals surface area contributed by atoms with Crippen molar-refractivity contribution in [3.8, 4) is 0 Å². The first-order valence-corrected chi connectivity index (χ1v) is 11.5. The van der Waals surface area contributed by atoms with Gasteiger partial charge in [-0.15, -0.1) is 0 Å². The summed E-state index contributed by atoms with van der Waals surface area (Å²) in [6.45, 7) is 3.44. The fraction of sp³-hybridized carbons (Fsp3) is 0.280. The van der Waals surface area contributed by atoms with Crippen LogP contribution in [0.15, 0.2) is 72.8 Å². The molecule has 1 fully saturated rings. The molecule has 1 aliphatic heterocycles. The zero-order valence-electron chi connectivity index (χ0n) is 17.3. The number of methoxy groups -OCH3 is 1. The molecule has 0 radical (unpaired) electrons. The van der Waals surface area contributed by atoms with Crippen LogP contribution in [0.3, 0.4) is 0 Å². The molecule has 0 amide bonds. The Hall–Kier alpha value is -1.75. The summed E-state index contributed by atoms with van der Waals surface area (Å²) < 4.78 is 5.83. The summed E-state index contributed by atoms with van der Waals surface area (Å²) in [5, 5.41) is 2.04.